The quantitative estimate of drug-likeness (QED) is 0.766. The fourth-order valence-corrected chi connectivity index (χ4v) is 3.74. The van der Waals surface area contributed by atoms with E-state index in [2.05, 4.69) is 51.7 Å². The van der Waals surface area contributed by atoms with E-state index < -0.39 is 6.10 Å². The Kier molecular flexibility index (Phi) is 7.10. The zero-order valence-electron chi connectivity index (χ0n) is 17.4. The molecule has 4 nitrogen and oxygen atoms in total. The minimum Gasteiger partial charge on any atom is -0.481 e. The van der Waals surface area contributed by atoms with E-state index in [1.165, 1.54) is 5.56 Å². The number of carbonyl (C=O) groups excluding carboxylic acids is 1. The maximum atomic E-state index is 12.8. The summed E-state index contributed by atoms with van der Waals surface area (Å²) < 4.78 is 5.98. The molecule has 26 heavy (non-hydrogen) atoms. The molecule has 0 aromatic heterocycles. The van der Waals surface area contributed by atoms with E-state index in [1.807, 2.05) is 24.0 Å². The molecule has 1 aliphatic heterocycles. The number of piperidine rings is 1. The Morgan fingerprint density at radius 1 is 1.23 bits per heavy atom. The van der Waals surface area contributed by atoms with Crippen LogP contribution in [0.2, 0.25) is 0 Å². The number of ether oxygens (including phenoxy) is 1. The van der Waals surface area contributed by atoms with Crippen LogP contribution in [0.4, 0.5) is 0 Å². The van der Waals surface area contributed by atoms with Gasteiger partial charge in [-0.3, -0.25) is 4.79 Å². The molecule has 1 saturated heterocycles. The second-order valence-electron chi connectivity index (χ2n) is 8.32. The molecule has 146 valence electrons. The summed E-state index contributed by atoms with van der Waals surface area (Å²) in [4.78, 5) is 17.3. The third-order valence-corrected chi connectivity index (χ3v) is 5.47. The zero-order valence-corrected chi connectivity index (χ0v) is 17.4. The molecule has 2 rings (SSSR count). The van der Waals surface area contributed by atoms with Crippen LogP contribution < -0.4 is 4.74 Å². The Morgan fingerprint density at radius 2 is 1.85 bits per heavy atom. The summed E-state index contributed by atoms with van der Waals surface area (Å²) >= 11 is 0. The molecular formula is C22H36N2O2. The Morgan fingerprint density at radius 3 is 2.38 bits per heavy atom. The van der Waals surface area contributed by atoms with Crippen molar-refractivity contribution in [3.05, 3.63) is 29.8 Å². The summed E-state index contributed by atoms with van der Waals surface area (Å²) in [5, 5.41) is 0. The smallest absolute Gasteiger partial charge is 0.263 e. The molecule has 1 aliphatic rings. The summed E-state index contributed by atoms with van der Waals surface area (Å²) in [6, 6.07) is 8.70. The van der Waals surface area contributed by atoms with E-state index in [1.54, 1.807) is 0 Å². The molecule has 1 amide bonds. The van der Waals surface area contributed by atoms with Crippen LogP contribution in [0.25, 0.3) is 0 Å². The summed E-state index contributed by atoms with van der Waals surface area (Å²) in [5.41, 5.74) is 1.29. The number of likely N-dealkylation sites (tertiary alicyclic amines) is 1. The molecule has 0 bridgehead atoms. The average molecular weight is 361 g/mol. The number of hydrogen-bond acceptors (Lipinski definition) is 3. The lowest BCUT2D eigenvalue weighted by Crippen LogP contribution is -2.49. The van der Waals surface area contributed by atoms with Gasteiger partial charge in [0.2, 0.25) is 0 Å². The highest BCUT2D eigenvalue weighted by molar-refractivity contribution is 5.81. The van der Waals surface area contributed by atoms with Gasteiger partial charge in [-0.15, -0.1) is 0 Å². The SMILES string of the molecule is CCN(CC)C1CCN(C(=O)[C@@H](C)Oc2cccc(C(C)(C)C)c2)CC1. The third-order valence-electron chi connectivity index (χ3n) is 5.47. The van der Waals surface area contributed by atoms with Gasteiger partial charge in [0.1, 0.15) is 5.75 Å². The van der Waals surface area contributed by atoms with Crippen LogP contribution in [-0.2, 0) is 10.2 Å². The number of amides is 1. The van der Waals surface area contributed by atoms with Gasteiger partial charge in [0, 0.05) is 19.1 Å². The maximum absolute atomic E-state index is 12.8. The van der Waals surface area contributed by atoms with Crippen molar-refractivity contribution in [2.24, 2.45) is 0 Å². The minimum atomic E-state index is -0.449. The summed E-state index contributed by atoms with van der Waals surface area (Å²) in [6.45, 7) is 16.7. The summed E-state index contributed by atoms with van der Waals surface area (Å²) in [5.74, 6) is 0.875. The van der Waals surface area contributed by atoms with Crippen LogP contribution in [-0.4, -0.2) is 54.0 Å². The van der Waals surface area contributed by atoms with Crippen molar-refractivity contribution >= 4 is 5.91 Å². The maximum Gasteiger partial charge on any atom is 0.263 e. The molecule has 1 aromatic carbocycles. The molecule has 1 heterocycles. The standard InChI is InChI=1S/C22H36N2O2/c1-7-23(8-2)19-12-14-24(15-13-19)21(25)17(3)26-20-11-9-10-18(16-20)22(4,5)6/h9-11,16-17,19H,7-8,12-15H2,1-6H3/t17-/m1/s1. The molecule has 0 N–H and O–H groups in total. The van der Waals surface area contributed by atoms with Crippen molar-refractivity contribution in [3.8, 4) is 5.75 Å². The minimum absolute atomic E-state index is 0.0684. The van der Waals surface area contributed by atoms with Crippen molar-refractivity contribution in [2.45, 2.75) is 71.9 Å². The predicted octanol–water partition coefficient (Wildman–Crippen LogP) is 4.08. The topological polar surface area (TPSA) is 32.8 Å². The highest BCUT2D eigenvalue weighted by Crippen LogP contribution is 2.26. The molecule has 1 atom stereocenters. The van der Waals surface area contributed by atoms with Gasteiger partial charge in [0.15, 0.2) is 6.10 Å². The van der Waals surface area contributed by atoms with Gasteiger partial charge in [-0.05, 0) is 56.0 Å². The molecular weight excluding hydrogens is 324 g/mol. The number of rotatable bonds is 6. The molecule has 0 saturated carbocycles. The Bertz CT molecular complexity index is 582. The molecule has 4 heteroatoms. The van der Waals surface area contributed by atoms with Crippen LogP contribution in [0, 0.1) is 0 Å². The first-order valence-corrected chi connectivity index (χ1v) is 10.1. The van der Waals surface area contributed by atoms with Gasteiger partial charge in [0.05, 0.1) is 0 Å². The van der Waals surface area contributed by atoms with E-state index in [4.69, 9.17) is 4.74 Å². The lowest BCUT2D eigenvalue weighted by molar-refractivity contribution is -0.139. The van der Waals surface area contributed by atoms with Gasteiger partial charge in [0.25, 0.3) is 5.91 Å². The van der Waals surface area contributed by atoms with Crippen LogP contribution in [0.5, 0.6) is 5.75 Å². The third kappa shape index (κ3) is 5.23. The van der Waals surface area contributed by atoms with Gasteiger partial charge in [-0.25, -0.2) is 0 Å². The normalized spacial score (nSPS) is 17.4. The number of carbonyl (C=O) groups is 1. The van der Waals surface area contributed by atoms with Crippen molar-refractivity contribution in [3.63, 3.8) is 0 Å². The van der Waals surface area contributed by atoms with Crippen LogP contribution in [0.3, 0.4) is 0 Å². The molecule has 0 aliphatic carbocycles. The predicted molar refractivity (Wildman–Crippen MR) is 108 cm³/mol. The van der Waals surface area contributed by atoms with Crippen molar-refractivity contribution in [1.29, 1.82) is 0 Å². The molecule has 0 spiro atoms. The van der Waals surface area contributed by atoms with E-state index >= 15 is 0 Å². The van der Waals surface area contributed by atoms with Gasteiger partial charge in [-0.1, -0.05) is 46.8 Å². The van der Waals surface area contributed by atoms with Crippen molar-refractivity contribution in [1.82, 2.24) is 9.80 Å². The van der Waals surface area contributed by atoms with E-state index in [0.717, 1.165) is 44.8 Å². The number of nitrogens with zero attached hydrogens (tertiary/aromatic N) is 2. The first-order chi connectivity index (χ1) is 12.3. The van der Waals surface area contributed by atoms with Crippen molar-refractivity contribution < 1.29 is 9.53 Å². The first-order valence-electron chi connectivity index (χ1n) is 10.1. The summed E-state index contributed by atoms with van der Waals surface area (Å²) in [6.07, 6.45) is 1.66. The Labute approximate surface area is 159 Å². The molecule has 1 fully saturated rings. The van der Waals surface area contributed by atoms with Crippen LogP contribution in [0.15, 0.2) is 24.3 Å². The van der Waals surface area contributed by atoms with Crippen molar-refractivity contribution in [2.75, 3.05) is 26.2 Å². The molecule has 0 radical (unpaired) electrons. The fourth-order valence-electron chi connectivity index (χ4n) is 3.74. The first kappa shape index (κ1) is 20.8. The van der Waals surface area contributed by atoms with Gasteiger partial charge >= 0.3 is 0 Å². The average Bonchev–Trinajstić information content (AvgIpc) is 2.62. The molecule has 0 unspecified atom stereocenters. The van der Waals surface area contributed by atoms with E-state index in [0.29, 0.717) is 6.04 Å². The van der Waals surface area contributed by atoms with Gasteiger partial charge in [-0.2, -0.15) is 0 Å². The Hall–Kier alpha value is -1.55. The largest absolute Gasteiger partial charge is 0.481 e. The molecule has 1 aromatic rings. The highest BCUT2D eigenvalue weighted by atomic mass is 16.5. The summed E-state index contributed by atoms with van der Waals surface area (Å²) in [7, 11) is 0. The second-order valence-corrected chi connectivity index (χ2v) is 8.32. The zero-order chi connectivity index (χ0) is 19.3. The highest BCUT2D eigenvalue weighted by Gasteiger charge is 2.29. The lowest BCUT2D eigenvalue weighted by Gasteiger charge is -2.38. The van der Waals surface area contributed by atoms with Crippen LogP contribution >= 0.6 is 0 Å². The second kappa shape index (κ2) is 8.90. The van der Waals surface area contributed by atoms with Crippen LogP contribution in [0.1, 0.15) is 59.9 Å². The lowest BCUT2D eigenvalue weighted by atomic mass is 9.87. The number of benzene rings is 1. The number of hydrogen-bond donors (Lipinski definition) is 0. The fraction of sp³-hybridized carbons (Fsp3) is 0.682. The monoisotopic (exact) mass is 360 g/mol. The van der Waals surface area contributed by atoms with E-state index in [-0.39, 0.29) is 11.3 Å². The van der Waals surface area contributed by atoms with E-state index in [9.17, 15) is 4.79 Å². The van der Waals surface area contributed by atoms with Gasteiger partial charge < -0.3 is 14.5 Å². The Balaban J connectivity index is 1.92.